The van der Waals surface area contributed by atoms with E-state index >= 15 is 0 Å². The number of nitrogens with one attached hydrogen (secondary N) is 2. The normalized spacial score (nSPS) is 18.2. The summed E-state index contributed by atoms with van der Waals surface area (Å²) in [6.07, 6.45) is 8.98. The first-order valence-corrected chi connectivity index (χ1v) is 9.79. The van der Waals surface area contributed by atoms with Crippen LogP contribution in [0.5, 0.6) is 5.75 Å². The van der Waals surface area contributed by atoms with Crippen LogP contribution in [-0.4, -0.2) is 43.4 Å². The minimum atomic E-state index is -3.09. The maximum Gasteiger partial charge on any atom is 0.387 e. The third kappa shape index (κ3) is 5.11. The summed E-state index contributed by atoms with van der Waals surface area (Å²) in [7, 11) is 0. The van der Waals surface area contributed by atoms with Crippen molar-refractivity contribution in [3.05, 3.63) is 59.0 Å². The Labute approximate surface area is 176 Å². The van der Waals surface area contributed by atoms with E-state index in [-0.39, 0.29) is 12.1 Å². The lowest BCUT2D eigenvalue weighted by Crippen LogP contribution is -2.24. The van der Waals surface area contributed by atoms with Crippen LogP contribution in [0.4, 0.5) is 20.4 Å². The van der Waals surface area contributed by atoms with Gasteiger partial charge >= 0.3 is 12.2 Å². The monoisotopic (exact) mass is 429 g/mol. The van der Waals surface area contributed by atoms with Crippen molar-refractivity contribution in [2.75, 3.05) is 10.6 Å². The number of nitrogens with zero attached hydrogens (tertiary/aromatic N) is 5. The second kappa shape index (κ2) is 9.02. The Balaban J connectivity index is 1.37. The first-order chi connectivity index (χ1) is 15.0. The average molecular weight is 429 g/mol. The number of ether oxygens (including phenoxy) is 1. The number of aromatic nitrogens is 5. The van der Waals surface area contributed by atoms with Gasteiger partial charge in [0, 0.05) is 18.2 Å². The molecule has 0 spiro atoms. The molecule has 0 aromatic carbocycles. The number of rotatable bonds is 7. The SMILES string of the molecule is Cc1cnc(N[C@H]2CC[C@H](Nc3ccc(-n4nccc(OC(F)F)c4=O)cn3)C2)cn1. The van der Waals surface area contributed by atoms with E-state index in [1.807, 2.05) is 6.92 Å². The number of hydrogen-bond acceptors (Lipinski definition) is 8. The van der Waals surface area contributed by atoms with Crippen LogP contribution < -0.4 is 20.9 Å². The molecule has 3 aromatic heterocycles. The summed E-state index contributed by atoms with van der Waals surface area (Å²) in [6.45, 7) is -1.19. The molecule has 1 aliphatic rings. The van der Waals surface area contributed by atoms with Gasteiger partial charge in [-0.1, -0.05) is 0 Å². The standard InChI is InChI=1S/C20H21F2N7O2/c1-12-9-24-18(11-23-12)28-14-3-2-13(8-14)27-17-5-4-15(10-25-17)29-19(30)16(6-7-26-29)31-20(21)22/h4-7,9-11,13-14,20H,2-3,8H2,1H3,(H,24,28)(H,25,27)/t13-,14-/m0/s1. The van der Waals surface area contributed by atoms with E-state index < -0.39 is 17.9 Å². The van der Waals surface area contributed by atoms with Crippen LogP contribution in [0.3, 0.4) is 0 Å². The number of hydrogen-bond donors (Lipinski definition) is 2. The second-order valence-corrected chi connectivity index (χ2v) is 7.23. The highest BCUT2D eigenvalue weighted by Gasteiger charge is 2.25. The van der Waals surface area contributed by atoms with Gasteiger partial charge in [0.1, 0.15) is 11.6 Å². The first kappa shape index (κ1) is 20.6. The topological polar surface area (TPSA) is 107 Å². The average Bonchev–Trinajstić information content (AvgIpc) is 3.18. The van der Waals surface area contributed by atoms with Crippen LogP contribution >= 0.6 is 0 Å². The van der Waals surface area contributed by atoms with E-state index in [1.165, 1.54) is 12.4 Å². The van der Waals surface area contributed by atoms with E-state index in [1.54, 1.807) is 24.5 Å². The smallest absolute Gasteiger partial charge is 0.387 e. The van der Waals surface area contributed by atoms with Crippen LogP contribution in [-0.2, 0) is 0 Å². The molecule has 0 aliphatic heterocycles. The van der Waals surface area contributed by atoms with Crippen LogP contribution in [0.1, 0.15) is 25.0 Å². The zero-order valence-corrected chi connectivity index (χ0v) is 16.7. The molecule has 1 saturated carbocycles. The summed E-state index contributed by atoms with van der Waals surface area (Å²) >= 11 is 0. The summed E-state index contributed by atoms with van der Waals surface area (Å²) in [5.41, 5.74) is 0.435. The molecule has 3 heterocycles. The van der Waals surface area contributed by atoms with Gasteiger partial charge < -0.3 is 15.4 Å². The molecule has 2 atom stereocenters. The Kier molecular flexibility index (Phi) is 6.01. The van der Waals surface area contributed by atoms with Gasteiger partial charge in [0.25, 0.3) is 0 Å². The van der Waals surface area contributed by atoms with Gasteiger partial charge in [0.15, 0.2) is 5.75 Å². The van der Waals surface area contributed by atoms with Crippen molar-refractivity contribution in [3.63, 3.8) is 0 Å². The van der Waals surface area contributed by atoms with Crippen LogP contribution in [0, 0.1) is 6.92 Å². The minimum absolute atomic E-state index is 0.234. The molecule has 0 saturated heterocycles. The Morgan fingerprint density at radius 1 is 1.03 bits per heavy atom. The van der Waals surface area contributed by atoms with Gasteiger partial charge in [-0.05, 0) is 38.3 Å². The van der Waals surface area contributed by atoms with Gasteiger partial charge in [-0.15, -0.1) is 0 Å². The van der Waals surface area contributed by atoms with E-state index in [4.69, 9.17) is 0 Å². The summed E-state index contributed by atoms with van der Waals surface area (Å²) in [4.78, 5) is 25.2. The number of aryl methyl sites for hydroxylation is 1. The Morgan fingerprint density at radius 3 is 2.42 bits per heavy atom. The number of pyridine rings is 1. The highest BCUT2D eigenvalue weighted by Crippen LogP contribution is 2.25. The van der Waals surface area contributed by atoms with Crippen molar-refractivity contribution in [1.82, 2.24) is 24.7 Å². The number of anilines is 2. The third-order valence-electron chi connectivity index (χ3n) is 4.94. The zero-order chi connectivity index (χ0) is 21.8. The molecule has 0 amide bonds. The van der Waals surface area contributed by atoms with E-state index in [9.17, 15) is 13.6 Å². The van der Waals surface area contributed by atoms with Crippen LogP contribution in [0.25, 0.3) is 5.69 Å². The lowest BCUT2D eigenvalue weighted by atomic mass is 10.2. The Morgan fingerprint density at radius 2 is 1.77 bits per heavy atom. The molecule has 2 N–H and O–H groups in total. The number of alkyl halides is 2. The van der Waals surface area contributed by atoms with Gasteiger partial charge in [-0.3, -0.25) is 9.78 Å². The van der Waals surface area contributed by atoms with Gasteiger partial charge in [0.05, 0.1) is 36.2 Å². The van der Waals surface area contributed by atoms with Gasteiger partial charge in [0.2, 0.25) is 0 Å². The van der Waals surface area contributed by atoms with Crippen LogP contribution in [0.15, 0.2) is 47.8 Å². The van der Waals surface area contributed by atoms with E-state index in [0.717, 1.165) is 41.5 Å². The fourth-order valence-corrected chi connectivity index (χ4v) is 3.49. The van der Waals surface area contributed by atoms with Crippen molar-refractivity contribution in [2.24, 2.45) is 0 Å². The van der Waals surface area contributed by atoms with Crippen molar-refractivity contribution >= 4 is 11.6 Å². The molecule has 31 heavy (non-hydrogen) atoms. The molecular formula is C20H21F2N7O2. The highest BCUT2D eigenvalue weighted by molar-refractivity contribution is 5.42. The van der Waals surface area contributed by atoms with Crippen molar-refractivity contribution in [2.45, 2.75) is 44.9 Å². The summed E-state index contributed by atoms with van der Waals surface area (Å²) < 4.78 is 30.0. The van der Waals surface area contributed by atoms with Crippen molar-refractivity contribution in [1.29, 1.82) is 0 Å². The molecule has 1 aliphatic carbocycles. The fraction of sp³-hybridized carbons (Fsp3) is 0.350. The largest absolute Gasteiger partial charge is 0.429 e. The zero-order valence-electron chi connectivity index (χ0n) is 16.7. The molecule has 0 bridgehead atoms. The molecule has 3 aromatic rings. The molecule has 0 radical (unpaired) electrons. The number of halogens is 2. The second-order valence-electron chi connectivity index (χ2n) is 7.23. The van der Waals surface area contributed by atoms with E-state index in [0.29, 0.717) is 11.5 Å². The molecular weight excluding hydrogens is 408 g/mol. The summed E-state index contributed by atoms with van der Waals surface area (Å²) in [6, 6.07) is 4.98. The van der Waals surface area contributed by atoms with Gasteiger partial charge in [-0.2, -0.15) is 18.6 Å². The predicted octanol–water partition coefficient (Wildman–Crippen LogP) is 2.77. The minimum Gasteiger partial charge on any atom is -0.429 e. The molecule has 0 unspecified atom stereocenters. The molecule has 162 valence electrons. The van der Waals surface area contributed by atoms with Crippen LogP contribution in [0.2, 0.25) is 0 Å². The molecule has 4 rings (SSSR count). The Bertz CT molecular complexity index is 1070. The summed E-state index contributed by atoms with van der Waals surface area (Å²) in [5, 5.41) is 10.7. The lowest BCUT2D eigenvalue weighted by Gasteiger charge is -2.15. The highest BCUT2D eigenvalue weighted by atomic mass is 19.3. The maximum absolute atomic E-state index is 12.4. The van der Waals surface area contributed by atoms with Crippen molar-refractivity contribution < 1.29 is 13.5 Å². The quantitative estimate of drug-likeness (QED) is 0.591. The Hall–Kier alpha value is -3.63. The lowest BCUT2D eigenvalue weighted by molar-refractivity contribution is -0.0511. The summed E-state index contributed by atoms with van der Waals surface area (Å²) in [5.74, 6) is 0.933. The van der Waals surface area contributed by atoms with Gasteiger partial charge in [-0.25, -0.2) is 9.97 Å². The first-order valence-electron chi connectivity index (χ1n) is 9.79. The van der Waals surface area contributed by atoms with Crippen molar-refractivity contribution in [3.8, 4) is 11.4 Å². The predicted molar refractivity (Wildman–Crippen MR) is 110 cm³/mol. The molecule has 1 fully saturated rings. The third-order valence-corrected chi connectivity index (χ3v) is 4.94. The molecule has 11 heteroatoms. The van der Waals surface area contributed by atoms with E-state index in [2.05, 4.69) is 35.4 Å². The maximum atomic E-state index is 12.4. The molecule has 9 nitrogen and oxygen atoms in total. The fourth-order valence-electron chi connectivity index (χ4n) is 3.49.